The van der Waals surface area contributed by atoms with E-state index in [2.05, 4.69) is 15.1 Å². The van der Waals surface area contributed by atoms with E-state index in [1.807, 2.05) is 6.92 Å². The van der Waals surface area contributed by atoms with Crippen LogP contribution >= 0.6 is 0 Å². The Hall–Kier alpha value is -2.12. The minimum atomic E-state index is -4.62. The van der Waals surface area contributed by atoms with Gasteiger partial charge in [-0.15, -0.1) is 0 Å². The molecule has 0 atom stereocenters. The summed E-state index contributed by atoms with van der Waals surface area (Å²) in [4.78, 5) is 6.63. The summed E-state index contributed by atoms with van der Waals surface area (Å²) in [5.41, 5.74) is 5.93. The van der Waals surface area contributed by atoms with Crippen LogP contribution in [0.1, 0.15) is 12.7 Å². The van der Waals surface area contributed by atoms with Gasteiger partial charge in [-0.25, -0.2) is 9.97 Å². The average Bonchev–Trinajstić information content (AvgIpc) is 2.75. The van der Waals surface area contributed by atoms with Crippen molar-refractivity contribution in [3.63, 3.8) is 0 Å². The third-order valence-electron chi connectivity index (χ3n) is 2.25. The maximum atomic E-state index is 12.5. The summed E-state index contributed by atoms with van der Waals surface area (Å²) in [5, 5.41) is 3.97. The van der Waals surface area contributed by atoms with Gasteiger partial charge in [0.25, 0.3) is 0 Å². The molecule has 2 heterocycles. The summed E-state index contributed by atoms with van der Waals surface area (Å²) in [7, 11) is 0. The highest BCUT2D eigenvalue weighted by atomic mass is 19.4. The molecule has 18 heavy (non-hydrogen) atoms. The standard InChI is InChI=1S/C10H10F3N5/c1-2-18-5-6(4-15-18)7-3-8(14)17-9(16-7)10(11,12)13/h3-5H,2H2,1H3,(H2,14,16,17). The summed E-state index contributed by atoms with van der Waals surface area (Å²) < 4.78 is 39.2. The number of alkyl halides is 3. The zero-order valence-electron chi connectivity index (χ0n) is 9.44. The van der Waals surface area contributed by atoms with E-state index < -0.39 is 12.0 Å². The van der Waals surface area contributed by atoms with Gasteiger partial charge in [0.1, 0.15) is 5.82 Å². The maximum absolute atomic E-state index is 12.5. The van der Waals surface area contributed by atoms with E-state index in [-0.39, 0.29) is 11.5 Å². The van der Waals surface area contributed by atoms with E-state index in [4.69, 9.17) is 5.73 Å². The molecule has 0 radical (unpaired) electrons. The Labute approximate surface area is 100 Å². The lowest BCUT2D eigenvalue weighted by molar-refractivity contribution is -0.144. The topological polar surface area (TPSA) is 69.6 Å². The summed E-state index contributed by atoms with van der Waals surface area (Å²) in [6, 6.07) is 1.28. The zero-order valence-corrected chi connectivity index (χ0v) is 9.44. The van der Waals surface area contributed by atoms with Gasteiger partial charge in [0.15, 0.2) is 0 Å². The van der Waals surface area contributed by atoms with E-state index in [9.17, 15) is 13.2 Å². The molecule has 0 amide bonds. The fraction of sp³-hybridized carbons (Fsp3) is 0.300. The fourth-order valence-electron chi connectivity index (χ4n) is 1.41. The molecule has 0 aliphatic carbocycles. The first-order chi connectivity index (χ1) is 8.40. The fourth-order valence-corrected chi connectivity index (χ4v) is 1.41. The van der Waals surface area contributed by atoms with E-state index in [0.29, 0.717) is 12.1 Å². The number of nitrogens with zero attached hydrogens (tertiary/aromatic N) is 4. The van der Waals surface area contributed by atoms with Crippen LogP contribution in [0.25, 0.3) is 11.3 Å². The molecule has 0 saturated heterocycles. The molecular formula is C10H10F3N5. The van der Waals surface area contributed by atoms with Crippen molar-refractivity contribution in [3.05, 3.63) is 24.3 Å². The van der Waals surface area contributed by atoms with Gasteiger partial charge in [0, 0.05) is 24.4 Å². The Balaban J connectivity index is 2.48. The number of hydrogen-bond acceptors (Lipinski definition) is 4. The van der Waals surface area contributed by atoms with Gasteiger partial charge < -0.3 is 5.73 Å². The quantitative estimate of drug-likeness (QED) is 0.892. The summed E-state index contributed by atoms with van der Waals surface area (Å²) in [6.07, 6.45) is -1.59. The molecule has 0 saturated carbocycles. The second-order valence-electron chi connectivity index (χ2n) is 3.58. The highest BCUT2D eigenvalue weighted by Crippen LogP contribution is 2.29. The van der Waals surface area contributed by atoms with Crippen molar-refractivity contribution in [3.8, 4) is 11.3 Å². The number of aromatic nitrogens is 4. The van der Waals surface area contributed by atoms with Gasteiger partial charge >= 0.3 is 6.18 Å². The van der Waals surface area contributed by atoms with Crippen LogP contribution in [0.5, 0.6) is 0 Å². The molecule has 8 heteroatoms. The van der Waals surface area contributed by atoms with Gasteiger partial charge in [-0.05, 0) is 6.92 Å². The number of hydrogen-bond donors (Lipinski definition) is 1. The van der Waals surface area contributed by atoms with Gasteiger partial charge in [0.05, 0.1) is 11.9 Å². The third kappa shape index (κ3) is 2.41. The Kier molecular flexibility index (Phi) is 2.93. The summed E-state index contributed by atoms with van der Waals surface area (Å²) in [6.45, 7) is 2.49. The van der Waals surface area contributed by atoms with E-state index in [1.54, 1.807) is 10.9 Å². The van der Waals surface area contributed by atoms with E-state index in [1.165, 1.54) is 12.3 Å². The summed E-state index contributed by atoms with van der Waals surface area (Å²) >= 11 is 0. The van der Waals surface area contributed by atoms with Crippen molar-refractivity contribution in [2.24, 2.45) is 0 Å². The van der Waals surface area contributed by atoms with Crippen molar-refractivity contribution in [2.45, 2.75) is 19.6 Å². The largest absolute Gasteiger partial charge is 0.451 e. The smallest absolute Gasteiger partial charge is 0.384 e. The number of aryl methyl sites for hydroxylation is 1. The molecule has 0 aliphatic rings. The predicted molar refractivity (Wildman–Crippen MR) is 58.3 cm³/mol. The molecule has 96 valence electrons. The minimum absolute atomic E-state index is 0.106. The lowest BCUT2D eigenvalue weighted by Crippen LogP contribution is -2.12. The molecule has 5 nitrogen and oxygen atoms in total. The third-order valence-corrected chi connectivity index (χ3v) is 2.25. The summed E-state index contributed by atoms with van der Waals surface area (Å²) in [5.74, 6) is -1.47. The molecule has 0 bridgehead atoms. The molecule has 2 N–H and O–H groups in total. The number of nitrogen functional groups attached to an aromatic ring is 1. The minimum Gasteiger partial charge on any atom is -0.384 e. The predicted octanol–water partition coefficient (Wildman–Crippen LogP) is 1.96. The number of rotatable bonds is 2. The lowest BCUT2D eigenvalue weighted by Gasteiger charge is -2.07. The average molecular weight is 257 g/mol. The Morgan fingerprint density at radius 2 is 2.06 bits per heavy atom. The molecule has 0 unspecified atom stereocenters. The Bertz CT molecular complexity index is 561. The highest BCUT2D eigenvalue weighted by Gasteiger charge is 2.35. The maximum Gasteiger partial charge on any atom is 0.451 e. The number of halogens is 3. The van der Waals surface area contributed by atoms with Gasteiger partial charge in [-0.1, -0.05) is 0 Å². The molecule has 2 aromatic rings. The molecule has 0 fully saturated rings. The van der Waals surface area contributed by atoms with Crippen LogP contribution in [-0.4, -0.2) is 19.7 Å². The monoisotopic (exact) mass is 257 g/mol. The van der Waals surface area contributed by atoms with Crippen LogP contribution in [0.2, 0.25) is 0 Å². The van der Waals surface area contributed by atoms with E-state index in [0.717, 1.165) is 0 Å². The molecule has 0 aromatic carbocycles. The SMILES string of the molecule is CCn1cc(-c2cc(N)nc(C(F)(F)F)n2)cn1. The second kappa shape index (κ2) is 4.28. The van der Waals surface area contributed by atoms with Crippen LogP contribution in [0.3, 0.4) is 0 Å². The first-order valence-corrected chi connectivity index (χ1v) is 5.14. The normalized spacial score (nSPS) is 11.8. The van der Waals surface area contributed by atoms with Crippen LogP contribution in [-0.2, 0) is 12.7 Å². The molecule has 2 aromatic heterocycles. The van der Waals surface area contributed by atoms with Gasteiger partial charge in [-0.3, -0.25) is 4.68 Å². The van der Waals surface area contributed by atoms with Crippen molar-refractivity contribution in [1.29, 1.82) is 0 Å². The van der Waals surface area contributed by atoms with Crippen molar-refractivity contribution in [1.82, 2.24) is 19.7 Å². The Morgan fingerprint density at radius 3 is 2.61 bits per heavy atom. The van der Waals surface area contributed by atoms with Crippen molar-refractivity contribution >= 4 is 5.82 Å². The highest BCUT2D eigenvalue weighted by molar-refractivity contribution is 5.60. The zero-order chi connectivity index (χ0) is 13.3. The van der Waals surface area contributed by atoms with Gasteiger partial charge in [-0.2, -0.15) is 18.3 Å². The molecule has 0 spiro atoms. The lowest BCUT2D eigenvalue weighted by atomic mass is 10.2. The van der Waals surface area contributed by atoms with E-state index >= 15 is 0 Å². The van der Waals surface area contributed by atoms with Crippen LogP contribution in [0.4, 0.5) is 19.0 Å². The number of nitrogens with two attached hydrogens (primary N) is 1. The molecule has 2 rings (SSSR count). The second-order valence-corrected chi connectivity index (χ2v) is 3.58. The Morgan fingerprint density at radius 1 is 1.33 bits per heavy atom. The van der Waals surface area contributed by atoms with Gasteiger partial charge in [0.2, 0.25) is 5.82 Å². The number of anilines is 1. The molecule has 0 aliphatic heterocycles. The first kappa shape index (κ1) is 12.3. The van der Waals surface area contributed by atoms with Crippen LogP contribution < -0.4 is 5.73 Å². The first-order valence-electron chi connectivity index (χ1n) is 5.14. The van der Waals surface area contributed by atoms with Crippen LogP contribution in [0.15, 0.2) is 18.5 Å². The van der Waals surface area contributed by atoms with Crippen molar-refractivity contribution in [2.75, 3.05) is 5.73 Å². The van der Waals surface area contributed by atoms with Crippen molar-refractivity contribution < 1.29 is 13.2 Å². The van der Waals surface area contributed by atoms with Crippen LogP contribution in [0, 0.1) is 0 Å². The molecular weight excluding hydrogens is 247 g/mol.